The van der Waals surface area contributed by atoms with Crippen molar-refractivity contribution in [2.24, 2.45) is 11.8 Å². The van der Waals surface area contributed by atoms with Gasteiger partial charge in [0, 0.05) is 33.1 Å². The predicted octanol–water partition coefficient (Wildman–Crippen LogP) is 2.70. The molecule has 118 valence electrons. The molecule has 0 unspecified atom stereocenters. The highest BCUT2D eigenvalue weighted by Crippen LogP contribution is 2.39. The molecule has 1 aromatic carbocycles. The average molecular weight is 357 g/mol. The van der Waals surface area contributed by atoms with E-state index < -0.39 is 10.0 Å². The summed E-state index contributed by atoms with van der Waals surface area (Å²) in [6.07, 6.45) is 0. The van der Waals surface area contributed by atoms with Gasteiger partial charge in [0.25, 0.3) is 0 Å². The van der Waals surface area contributed by atoms with E-state index in [2.05, 4.69) is 5.32 Å². The molecule has 4 rings (SSSR count). The van der Waals surface area contributed by atoms with Gasteiger partial charge in [-0.05, 0) is 50.0 Å². The predicted molar refractivity (Wildman–Crippen MR) is 90.2 cm³/mol. The van der Waals surface area contributed by atoms with Crippen LogP contribution in [0.15, 0.2) is 23.1 Å². The first-order valence-corrected chi connectivity index (χ1v) is 10.00. The molecule has 1 aromatic heterocycles. The largest absolute Gasteiger partial charge is 0.316 e. The Bertz CT molecular complexity index is 835. The lowest BCUT2D eigenvalue weighted by Gasteiger charge is -2.17. The van der Waals surface area contributed by atoms with Crippen LogP contribution in [0.2, 0.25) is 5.02 Å². The summed E-state index contributed by atoms with van der Waals surface area (Å²) in [5.74, 6) is 0.895. The molecular weight excluding hydrogens is 340 g/mol. The van der Waals surface area contributed by atoms with E-state index in [1.165, 1.54) is 11.3 Å². The zero-order valence-electron chi connectivity index (χ0n) is 12.2. The van der Waals surface area contributed by atoms with E-state index in [0.29, 0.717) is 34.8 Å². The molecule has 2 fully saturated rings. The monoisotopic (exact) mass is 356 g/mol. The van der Waals surface area contributed by atoms with Crippen molar-refractivity contribution in [1.29, 1.82) is 0 Å². The lowest BCUT2D eigenvalue weighted by atomic mass is 10.0. The van der Waals surface area contributed by atoms with Crippen LogP contribution in [0.5, 0.6) is 0 Å². The van der Waals surface area contributed by atoms with Crippen LogP contribution in [0.1, 0.15) is 4.88 Å². The number of hydrogen-bond acceptors (Lipinski definition) is 4. The third-order valence-electron chi connectivity index (χ3n) is 4.72. The van der Waals surface area contributed by atoms with Crippen LogP contribution < -0.4 is 5.32 Å². The minimum absolute atomic E-state index is 0.447. The van der Waals surface area contributed by atoms with Crippen LogP contribution in [0.4, 0.5) is 0 Å². The Morgan fingerprint density at radius 2 is 1.95 bits per heavy atom. The summed E-state index contributed by atoms with van der Waals surface area (Å²) >= 11 is 7.59. The van der Waals surface area contributed by atoms with E-state index in [1.54, 1.807) is 10.4 Å². The number of nitrogens with zero attached hydrogens (tertiary/aromatic N) is 1. The fraction of sp³-hybridized carbons (Fsp3) is 0.467. The summed E-state index contributed by atoms with van der Waals surface area (Å²) in [6.45, 7) is 4.97. The highest BCUT2D eigenvalue weighted by atomic mass is 35.5. The van der Waals surface area contributed by atoms with Crippen molar-refractivity contribution >= 4 is 43.0 Å². The molecule has 2 aliphatic heterocycles. The fourth-order valence-corrected chi connectivity index (χ4v) is 7.09. The van der Waals surface area contributed by atoms with Gasteiger partial charge in [-0.3, -0.25) is 0 Å². The normalized spacial score (nSPS) is 25.9. The topological polar surface area (TPSA) is 49.4 Å². The second-order valence-electron chi connectivity index (χ2n) is 6.13. The number of aryl methyl sites for hydroxylation is 1. The number of thiophene rings is 1. The van der Waals surface area contributed by atoms with Gasteiger partial charge in [0.05, 0.1) is 0 Å². The molecule has 3 heterocycles. The summed E-state index contributed by atoms with van der Waals surface area (Å²) < 4.78 is 28.9. The van der Waals surface area contributed by atoms with Gasteiger partial charge >= 0.3 is 0 Å². The molecule has 0 radical (unpaired) electrons. The van der Waals surface area contributed by atoms with Crippen molar-refractivity contribution in [1.82, 2.24) is 9.62 Å². The summed E-state index contributed by atoms with van der Waals surface area (Å²) in [6, 6.07) is 5.48. The summed E-state index contributed by atoms with van der Waals surface area (Å²) in [7, 11) is -3.45. The molecule has 2 aliphatic rings. The molecule has 1 N–H and O–H groups in total. The van der Waals surface area contributed by atoms with Crippen molar-refractivity contribution in [3.8, 4) is 0 Å². The van der Waals surface area contributed by atoms with Crippen LogP contribution in [-0.2, 0) is 10.0 Å². The van der Waals surface area contributed by atoms with E-state index >= 15 is 0 Å². The van der Waals surface area contributed by atoms with Gasteiger partial charge in [-0.1, -0.05) is 11.6 Å². The standard InChI is InChI=1S/C15H17ClN2O2S2/c1-9-15(13-4-12(16)2-3-14(13)21-9)22(19,20)18-7-10-5-17-6-11(10)8-18/h2-4,10-11,17H,5-8H2,1H3/t10-,11+. The van der Waals surface area contributed by atoms with Gasteiger partial charge in [0.15, 0.2) is 0 Å². The van der Waals surface area contributed by atoms with Crippen LogP contribution in [0.25, 0.3) is 10.1 Å². The maximum Gasteiger partial charge on any atom is 0.244 e. The summed E-state index contributed by atoms with van der Waals surface area (Å²) in [5.41, 5.74) is 0. The summed E-state index contributed by atoms with van der Waals surface area (Å²) in [4.78, 5) is 1.29. The van der Waals surface area contributed by atoms with Crippen molar-refractivity contribution in [2.45, 2.75) is 11.8 Å². The van der Waals surface area contributed by atoms with Gasteiger partial charge in [0.2, 0.25) is 10.0 Å². The van der Waals surface area contributed by atoms with E-state index in [-0.39, 0.29) is 0 Å². The van der Waals surface area contributed by atoms with Crippen LogP contribution in [0, 0.1) is 18.8 Å². The van der Waals surface area contributed by atoms with E-state index in [1.807, 2.05) is 19.1 Å². The zero-order chi connectivity index (χ0) is 15.5. The Morgan fingerprint density at radius 3 is 2.64 bits per heavy atom. The van der Waals surface area contributed by atoms with Gasteiger partial charge in [0.1, 0.15) is 4.90 Å². The third-order valence-corrected chi connectivity index (χ3v) is 8.19. The van der Waals surface area contributed by atoms with Crippen LogP contribution in [-0.4, -0.2) is 38.9 Å². The number of benzene rings is 1. The van der Waals surface area contributed by atoms with Gasteiger partial charge in [-0.15, -0.1) is 11.3 Å². The molecule has 2 saturated heterocycles. The number of sulfonamides is 1. The Hall–Kier alpha value is -0.660. The minimum Gasteiger partial charge on any atom is -0.316 e. The van der Waals surface area contributed by atoms with Crippen molar-refractivity contribution in [3.63, 3.8) is 0 Å². The smallest absolute Gasteiger partial charge is 0.244 e. The Balaban J connectivity index is 1.80. The Labute approximate surface area is 139 Å². The maximum absolute atomic E-state index is 13.1. The first-order chi connectivity index (χ1) is 10.5. The van der Waals surface area contributed by atoms with E-state index in [4.69, 9.17) is 11.6 Å². The SMILES string of the molecule is Cc1sc2ccc(Cl)cc2c1S(=O)(=O)N1C[C@H]2CNC[C@H]2C1. The molecule has 0 amide bonds. The first kappa shape index (κ1) is 14.9. The number of halogens is 1. The quantitative estimate of drug-likeness (QED) is 0.900. The molecular formula is C15H17ClN2O2S2. The third kappa shape index (κ3) is 2.20. The summed E-state index contributed by atoms with van der Waals surface area (Å²) in [5, 5.41) is 4.67. The lowest BCUT2D eigenvalue weighted by molar-refractivity contribution is 0.448. The molecule has 0 saturated carbocycles. The van der Waals surface area contributed by atoms with Crippen molar-refractivity contribution in [3.05, 3.63) is 28.1 Å². The Morgan fingerprint density at radius 1 is 1.27 bits per heavy atom. The number of nitrogens with one attached hydrogen (secondary N) is 1. The molecule has 0 bridgehead atoms. The molecule has 22 heavy (non-hydrogen) atoms. The number of fused-ring (bicyclic) bond motifs is 2. The second-order valence-corrected chi connectivity index (χ2v) is 9.70. The van der Waals surface area contributed by atoms with Crippen LogP contribution >= 0.6 is 22.9 Å². The highest BCUT2D eigenvalue weighted by molar-refractivity contribution is 7.89. The molecule has 0 aliphatic carbocycles. The first-order valence-electron chi connectivity index (χ1n) is 7.36. The van der Waals surface area contributed by atoms with Gasteiger partial charge in [-0.2, -0.15) is 4.31 Å². The molecule has 4 nitrogen and oxygen atoms in total. The second kappa shape index (κ2) is 5.18. The fourth-order valence-electron chi connectivity index (χ4n) is 3.63. The Kier molecular flexibility index (Phi) is 3.51. The highest BCUT2D eigenvalue weighted by Gasteiger charge is 2.42. The molecule has 2 aromatic rings. The zero-order valence-corrected chi connectivity index (χ0v) is 14.6. The minimum atomic E-state index is -3.45. The lowest BCUT2D eigenvalue weighted by Crippen LogP contribution is -2.32. The molecule has 2 atom stereocenters. The van der Waals surface area contributed by atoms with Crippen molar-refractivity contribution in [2.75, 3.05) is 26.2 Å². The molecule has 0 spiro atoms. The number of hydrogen-bond donors (Lipinski definition) is 1. The van der Waals surface area contributed by atoms with Gasteiger partial charge in [-0.25, -0.2) is 8.42 Å². The van der Waals surface area contributed by atoms with Gasteiger partial charge < -0.3 is 5.32 Å². The number of rotatable bonds is 2. The van der Waals surface area contributed by atoms with Crippen LogP contribution in [0.3, 0.4) is 0 Å². The van der Waals surface area contributed by atoms with E-state index in [0.717, 1.165) is 28.1 Å². The molecule has 7 heteroatoms. The van der Waals surface area contributed by atoms with E-state index in [9.17, 15) is 8.42 Å². The maximum atomic E-state index is 13.1. The van der Waals surface area contributed by atoms with Crippen molar-refractivity contribution < 1.29 is 8.42 Å². The average Bonchev–Trinajstić information content (AvgIpc) is 3.09.